The fourth-order valence-electron chi connectivity index (χ4n) is 2.12. The van der Waals surface area contributed by atoms with E-state index in [1.165, 1.54) is 14.0 Å². The first-order chi connectivity index (χ1) is 12.2. The highest BCUT2D eigenvalue weighted by atomic mass is 35.5. The Hall–Kier alpha value is -1.65. The molecule has 6 nitrogen and oxygen atoms in total. The lowest BCUT2D eigenvalue weighted by Gasteiger charge is -2.22. The third-order valence-electron chi connectivity index (χ3n) is 3.92. The minimum absolute atomic E-state index is 0.133. The van der Waals surface area contributed by atoms with Crippen molar-refractivity contribution < 1.29 is 26.1 Å². The number of benzene rings is 1. The summed E-state index contributed by atoms with van der Waals surface area (Å²) >= 11 is 5.82. The number of nitrogens with zero attached hydrogens (tertiary/aromatic N) is 3. The second-order valence-electron chi connectivity index (χ2n) is 7.05. The summed E-state index contributed by atoms with van der Waals surface area (Å²) in [5, 5.41) is 3.28. The summed E-state index contributed by atoms with van der Waals surface area (Å²) in [5.41, 5.74) is -1.45. The van der Waals surface area contributed by atoms with E-state index in [1.807, 2.05) is 20.8 Å². The van der Waals surface area contributed by atoms with Crippen molar-refractivity contribution in [3.8, 4) is 0 Å². The van der Waals surface area contributed by atoms with Crippen molar-refractivity contribution in [1.82, 2.24) is 14.4 Å². The Morgan fingerprint density at radius 1 is 1.22 bits per heavy atom. The zero-order chi connectivity index (χ0) is 20.8. The monoisotopic (exact) mass is 425 g/mol. The van der Waals surface area contributed by atoms with Crippen LogP contribution in [0.3, 0.4) is 0 Å². The summed E-state index contributed by atoms with van der Waals surface area (Å²) < 4.78 is 70.0. The van der Waals surface area contributed by atoms with Gasteiger partial charge in [-0.15, -0.1) is 0 Å². The molecule has 0 unspecified atom stereocenters. The molecule has 0 aliphatic rings. The van der Waals surface area contributed by atoms with Crippen molar-refractivity contribution in [2.45, 2.75) is 50.2 Å². The van der Waals surface area contributed by atoms with Gasteiger partial charge in [-0.2, -0.15) is 22.5 Å². The van der Waals surface area contributed by atoms with Crippen LogP contribution in [0.5, 0.6) is 0 Å². The minimum atomic E-state index is -4.63. The number of hydrogen-bond acceptors (Lipinski definition) is 5. The molecule has 150 valence electrons. The normalized spacial score (nSPS) is 14.6. The van der Waals surface area contributed by atoms with Crippen molar-refractivity contribution in [1.29, 1.82) is 0 Å². The molecule has 0 saturated carbocycles. The molecule has 0 aliphatic carbocycles. The average molecular weight is 426 g/mol. The quantitative estimate of drug-likeness (QED) is 0.724. The van der Waals surface area contributed by atoms with Crippen molar-refractivity contribution in [2.75, 3.05) is 7.05 Å². The molecule has 0 N–H and O–H groups in total. The van der Waals surface area contributed by atoms with E-state index in [1.54, 1.807) is 0 Å². The Bertz CT molecular complexity index is 936. The van der Waals surface area contributed by atoms with Crippen LogP contribution < -0.4 is 0 Å². The van der Waals surface area contributed by atoms with E-state index in [0.29, 0.717) is 18.0 Å². The molecule has 0 saturated heterocycles. The maximum atomic E-state index is 12.8. The second-order valence-corrected chi connectivity index (χ2v) is 9.42. The van der Waals surface area contributed by atoms with E-state index in [-0.39, 0.29) is 5.82 Å². The third-order valence-corrected chi connectivity index (χ3v) is 6.33. The molecule has 11 heteroatoms. The van der Waals surface area contributed by atoms with Gasteiger partial charge >= 0.3 is 6.18 Å². The standard InChI is InChI=1S/C16H19ClF3N3O3S/c1-9(13-21-14(26-22-13)15(2,3)4)23(5)27(24,25)12-7-6-10(8-11(12)17)16(18,19)20/h6-9H,1-5H3/t9-/m0/s1. The van der Waals surface area contributed by atoms with Gasteiger partial charge in [-0.05, 0) is 25.1 Å². The lowest BCUT2D eigenvalue weighted by atomic mass is 9.97. The van der Waals surface area contributed by atoms with E-state index in [0.717, 1.165) is 10.4 Å². The van der Waals surface area contributed by atoms with Crippen LogP contribution in [0.15, 0.2) is 27.6 Å². The molecule has 0 aliphatic heterocycles. The maximum Gasteiger partial charge on any atom is 0.416 e. The first kappa shape index (κ1) is 21.6. The molecule has 2 aromatic rings. The molecule has 0 radical (unpaired) electrons. The molecule has 0 amide bonds. The van der Waals surface area contributed by atoms with Crippen LogP contribution in [0.1, 0.15) is 51.0 Å². The fourth-order valence-corrected chi connectivity index (χ4v) is 3.96. The highest BCUT2D eigenvalue weighted by molar-refractivity contribution is 7.89. The first-order valence-corrected chi connectivity index (χ1v) is 9.66. The molecule has 1 aromatic heterocycles. The minimum Gasteiger partial charge on any atom is -0.339 e. The van der Waals surface area contributed by atoms with Crippen LogP contribution >= 0.6 is 11.6 Å². The smallest absolute Gasteiger partial charge is 0.339 e. The Morgan fingerprint density at radius 3 is 2.26 bits per heavy atom. The Kier molecular flexibility index (Phi) is 5.66. The third kappa shape index (κ3) is 4.44. The number of hydrogen-bond donors (Lipinski definition) is 0. The van der Waals surface area contributed by atoms with Gasteiger partial charge in [0.25, 0.3) is 0 Å². The average Bonchev–Trinajstić information content (AvgIpc) is 3.02. The highest BCUT2D eigenvalue weighted by Gasteiger charge is 2.35. The van der Waals surface area contributed by atoms with Gasteiger partial charge in [-0.1, -0.05) is 37.5 Å². The molecule has 2 rings (SSSR count). The fraction of sp³-hybridized carbons (Fsp3) is 0.500. The summed E-state index contributed by atoms with van der Waals surface area (Å²) in [5.74, 6) is 0.469. The van der Waals surface area contributed by atoms with Gasteiger partial charge in [-0.25, -0.2) is 8.42 Å². The van der Waals surface area contributed by atoms with Crippen molar-refractivity contribution >= 4 is 21.6 Å². The first-order valence-electron chi connectivity index (χ1n) is 7.84. The van der Waals surface area contributed by atoms with Crippen molar-refractivity contribution in [3.05, 3.63) is 40.5 Å². The van der Waals surface area contributed by atoms with E-state index in [2.05, 4.69) is 10.1 Å². The van der Waals surface area contributed by atoms with Gasteiger partial charge in [0.2, 0.25) is 15.9 Å². The van der Waals surface area contributed by atoms with Gasteiger partial charge in [0, 0.05) is 12.5 Å². The van der Waals surface area contributed by atoms with Gasteiger partial charge < -0.3 is 4.52 Å². The van der Waals surface area contributed by atoms with Gasteiger partial charge in [0.05, 0.1) is 16.6 Å². The molecule has 1 aromatic carbocycles. The van der Waals surface area contributed by atoms with Crippen molar-refractivity contribution in [2.24, 2.45) is 0 Å². The van der Waals surface area contributed by atoms with Crippen LogP contribution in [-0.2, 0) is 21.6 Å². The van der Waals surface area contributed by atoms with Crippen LogP contribution in [0.4, 0.5) is 13.2 Å². The summed E-state index contributed by atoms with van der Waals surface area (Å²) in [7, 11) is -2.93. The van der Waals surface area contributed by atoms with Crippen molar-refractivity contribution in [3.63, 3.8) is 0 Å². The van der Waals surface area contributed by atoms with E-state index in [9.17, 15) is 21.6 Å². The van der Waals surface area contributed by atoms with Gasteiger partial charge in [-0.3, -0.25) is 0 Å². The number of halogens is 4. The molecule has 27 heavy (non-hydrogen) atoms. The Labute approximate surface area is 160 Å². The predicted molar refractivity (Wildman–Crippen MR) is 92.8 cm³/mol. The zero-order valence-electron chi connectivity index (χ0n) is 15.3. The summed E-state index contributed by atoms with van der Waals surface area (Å²) in [6.07, 6.45) is -4.63. The summed E-state index contributed by atoms with van der Waals surface area (Å²) in [6.45, 7) is 7.11. The van der Waals surface area contributed by atoms with Crippen LogP contribution in [0.2, 0.25) is 5.02 Å². The van der Waals surface area contributed by atoms with E-state index in [4.69, 9.17) is 16.1 Å². The molecular weight excluding hydrogens is 407 g/mol. The maximum absolute atomic E-state index is 12.8. The lowest BCUT2D eigenvalue weighted by molar-refractivity contribution is -0.137. The molecular formula is C16H19ClF3N3O3S. The van der Waals surface area contributed by atoms with Crippen LogP contribution in [-0.4, -0.2) is 29.9 Å². The topological polar surface area (TPSA) is 76.3 Å². The number of aromatic nitrogens is 2. The molecule has 0 fully saturated rings. The Balaban J connectivity index is 2.37. The largest absolute Gasteiger partial charge is 0.416 e. The molecule has 1 heterocycles. The highest BCUT2D eigenvalue weighted by Crippen LogP contribution is 2.35. The number of sulfonamides is 1. The molecule has 1 atom stereocenters. The number of rotatable bonds is 4. The Morgan fingerprint density at radius 2 is 1.81 bits per heavy atom. The van der Waals surface area contributed by atoms with Crippen LogP contribution in [0, 0.1) is 0 Å². The summed E-state index contributed by atoms with van der Waals surface area (Å²) in [4.78, 5) is 3.77. The van der Waals surface area contributed by atoms with Gasteiger partial charge in [0.1, 0.15) is 4.90 Å². The lowest BCUT2D eigenvalue weighted by Crippen LogP contribution is -2.30. The second kappa shape index (κ2) is 7.06. The zero-order valence-corrected chi connectivity index (χ0v) is 16.9. The molecule has 0 spiro atoms. The van der Waals surface area contributed by atoms with E-state index >= 15 is 0 Å². The van der Waals surface area contributed by atoms with E-state index < -0.39 is 43.1 Å². The predicted octanol–water partition coefficient (Wildman–Crippen LogP) is 4.42. The van der Waals surface area contributed by atoms with Gasteiger partial charge in [0.15, 0.2) is 5.82 Å². The summed E-state index contributed by atoms with van der Waals surface area (Å²) in [6, 6.07) is 1.26. The number of alkyl halides is 3. The van der Waals surface area contributed by atoms with Crippen LogP contribution in [0.25, 0.3) is 0 Å². The molecule has 0 bridgehead atoms. The SMILES string of the molecule is C[C@@H](c1noc(C(C)(C)C)n1)N(C)S(=O)(=O)c1ccc(C(F)(F)F)cc1Cl.